The molecule has 1 amide bonds. The quantitative estimate of drug-likeness (QED) is 0.742. The summed E-state index contributed by atoms with van der Waals surface area (Å²) in [5.41, 5.74) is 1.60. The first kappa shape index (κ1) is 16.4. The number of amides is 1. The minimum Gasteiger partial charge on any atom is -0.465 e. The second kappa shape index (κ2) is 7.00. The van der Waals surface area contributed by atoms with Crippen LogP contribution >= 0.6 is 0 Å². The number of pyridine rings is 1. The molecule has 0 fully saturated rings. The summed E-state index contributed by atoms with van der Waals surface area (Å²) >= 11 is 0. The lowest BCUT2D eigenvalue weighted by molar-refractivity contribution is -0.116. The molecule has 0 bridgehead atoms. The number of anilines is 1. The minimum atomic E-state index is -0.433. The zero-order valence-corrected chi connectivity index (χ0v) is 13.6. The lowest BCUT2D eigenvalue weighted by atomic mass is 10.2. The number of nitrogens with one attached hydrogen (secondary N) is 1. The third-order valence-corrected chi connectivity index (χ3v) is 3.79. The van der Waals surface area contributed by atoms with Crippen molar-refractivity contribution < 1.29 is 14.3 Å². The summed E-state index contributed by atoms with van der Waals surface area (Å²) in [6, 6.07) is 15.0. The summed E-state index contributed by atoms with van der Waals surface area (Å²) in [5.74, 6) is -0.669. The van der Waals surface area contributed by atoms with Gasteiger partial charge in [-0.2, -0.15) is 0 Å². The number of carbonyl (C=O) groups is 2. The SMILES string of the molecule is COC(=O)c1ccc(NC(=O)Cn2ccc(=O)c3ccccc32)cc1. The molecule has 25 heavy (non-hydrogen) atoms. The van der Waals surface area contributed by atoms with Gasteiger partial charge in [0.1, 0.15) is 6.54 Å². The molecule has 0 aliphatic heterocycles. The van der Waals surface area contributed by atoms with Crippen molar-refractivity contribution >= 4 is 28.5 Å². The molecular weight excluding hydrogens is 320 g/mol. The molecule has 0 aliphatic rings. The van der Waals surface area contributed by atoms with Crippen molar-refractivity contribution in [2.45, 2.75) is 6.54 Å². The van der Waals surface area contributed by atoms with Crippen LogP contribution in [0.1, 0.15) is 10.4 Å². The van der Waals surface area contributed by atoms with Crippen molar-refractivity contribution in [1.82, 2.24) is 4.57 Å². The summed E-state index contributed by atoms with van der Waals surface area (Å²) in [6.45, 7) is 0.0690. The molecule has 0 atom stereocenters. The van der Waals surface area contributed by atoms with Gasteiger partial charge in [0.2, 0.25) is 5.91 Å². The molecule has 3 rings (SSSR count). The lowest BCUT2D eigenvalue weighted by Gasteiger charge is -2.11. The number of carbonyl (C=O) groups excluding carboxylic acids is 2. The van der Waals surface area contributed by atoms with E-state index in [1.807, 2.05) is 6.07 Å². The van der Waals surface area contributed by atoms with Gasteiger partial charge in [-0.25, -0.2) is 4.79 Å². The fourth-order valence-electron chi connectivity index (χ4n) is 2.56. The van der Waals surface area contributed by atoms with Gasteiger partial charge in [0.05, 0.1) is 18.2 Å². The molecule has 0 saturated heterocycles. The topological polar surface area (TPSA) is 77.4 Å². The van der Waals surface area contributed by atoms with E-state index >= 15 is 0 Å². The van der Waals surface area contributed by atoms with Gasteiger partial charge >= 0.3 is 5.97 Å². The summed E-state index contributed by atoms with van der Waals surface area (Å²) in [7, 11) is 1.31. The zero-order chi connectivity index (χ0) is 17.8. The van der Waals surface area contributed by atoms with E-state index in [9.17, 15) is 14.4 Å². The second-order valence-corrected chi connectivity index (χ2v) is 5.44. The summed E-state index contributed by atoms with van der Waals surface area (Å²) in [5, 5.41) is 3.33. The van der Waals surface area contributed by atoms with E-state index in [1.54, 1.807) is 53.2 Å². The predicted octanol–water partition coefficient (Wildman–Crippen LogP) is 2.43. The lowest BCUT2D eigenvalue weighted by Crippen LogP contribution is -2.20. The largest absolute Gasteiger partial charge is 0.465 e. The van der Waals surface area contributed by atoms with E-state index in [1.165, 1.54) is 13.2 Å². The number of hydrogen-bond acceptors (Lipinski definition) is 4. The number of nitrogens with zero attached hydrogens (tertiary/aromatic N) is 1. The molecule has 6 heteroatoms. The third-order valence-electron chi connectivity index (χ3n) is 3.79. The van der Waals surface area contributed by atoms with Gasteiger partial charge in [0.15, 0.2) is 5.43 Å². The molecule has 126 valence electrons. The number of ether oxygens (including phenoxy) is 1. The van der Waals surface area contributed by atoms with E-state index in [0.29, 0.717) is 22.2 Å². The molecule has 3 aromatic rings. The average molecular weight is 336 g/mol. The maximum Gasteiger partial charge on any atom is 0.337 e. The van der Waals surface area contributed by atoms with Crippen LogP contribution < -0.4 is 10.7 Å². The zero-order valence-electron chi connectivity index (χ0n) is 13.6. The van der Waals surface area contributed by atoms with Gasteiger partial charge < -0.3 is 14.6 Å². The minimum absolute atomic E-state index is 0.0690. The normalized spacial score (nSPS) is 10.4. The summed E-state index contributed by atoms with van der Waals surface area (Å²) in [4.78, 5) is 35.6. The molecule has 2 aromatic carbocycles. The van der Waals surface area contributed by atoms with Crippen LogP contribution in [0.15, 0.2) is 65.6 Å². The molecule has 0 saturated carbocycles. The third kappa shape index (κ3) is 3.58. The Morgan fingerprint density at radius 1 is 1.04 bits per heavy atom. The van der Waals surface area contributed by atoms with Crippen molar-refractivity contribution in [3.63, 3.8) is 0 Å². The number of esters is 1. The van der Waals surface area contributed by atoms with Crippen LogP contribution in [-0.4, -0.2) is 23.6 Å². The van der Waals surface area contributed by atoms with Crippen molar-refractivity contribution in [2.75, 3.05) is 12.4 Å². The average Bonchev–Trinajstić information content (AvgIpc) is 2.64. The van der Waals surface area contributed by atoms with Crippen LogP contribution in [0.2, 0.25) is 0 Å². The Labute approximate surface area is 143 Å². The Bertz CT molecular complexity index is 990. The summed E-state index contributed by atoms with van der Waals surface area (Å²) in [6.07, 6.45) is 1.60. The van der Waals surface area contributed by atoms with Crippen molar-refractivity contribution in [2.24, 2.45) is 0 Å². The van der Waals surface area contributed by atoms with E-state index in [-0.39, 0.29) is 17.9 Å². The first-order valence-electron chi connectivity index (χ1n) is 7.65. The van der Waals surface area contributed by atoms with Crippen LogP contribution in [0.5, 0.6) is 0 Å². The summed E-state index contributed by atoms with van der Waals surface area (Å²) < 4.78 is 6.35. The van der Waals surface area contributed by atoms with Gasteiger partial charge in [0, 0.05) is 23.3 Å². The number of methoxy groups -OCH3 is 1. The fourth-order valence-corrected chi connectivity index (χ4v) is 2.56. The molecule has 0 spiro atoms. The molecular formula is C19H16N2O4. The van der Waals surface area contributed by atoms with Crippen molar-refractivity contribution in [3.05, 3.63) is 76.6 Å². The second-order valence-electron chi connectivity index (χ2n) is 5.44. The molecule has 1 aromatic heterocycles. The number of para-hydroxylation sites is 1. The highest BCUT2D eigenvalue weighted by molar-refractivity contribution is 5.93. The number of hydrogen-bond donors (Lipinski definition) is 1. The number of fused-ring (bicyclic) bond motifs is 1. The molecule has 0 unspecified atom stereocenters. The van der Waals surface area contributed by atoms with Gasteiger partial charge in [-0.3, -0.25) is 9.59 Å². The van der Waals surface area contributed by atoms with Crippen molar-refractivity contribution in [3.8, 4) is 0 Å². The molecule has 1 N–H and O–H groups in total. The maximum absolute atomic E-state index is 12.3. The van der Waals surface area contributed by atoms with Gasteiger partial charge in [0.25, 0.3) is 0 Å². The van der Waals surface area contributed by atoms with E-state index in [4.69, 9.17) is 0 Å². The first-order chi connectivity index (χ1) is 12.1. The molecule has 0 radical (unpaired) electrons. The Balaban J connectivity index is 1.76. The molecule has 6 nitrogen and oxygen atoms in total. The van der Waals surface area contributed by atoms with Crippen LogP contribution in [0.3, 0.4) is 0 Å². The van der Waals surface area contributed by atoms with E-state index in [0.717, 1.165) is 0 Å². The number of benzene rings is 2. The smallest absolute Gasteiger partial charge is 0.337 e. The molecule has 1 heterocycles. The Morgan fingerprint density at radius 3 is 2.48 bits per heavy atom. The van der Waals surface area contributed by atoms with Gasteiger partial charge in [-0.1, -0.05) is 12.1 Å². The first-order valence-corrected chi connectivity index (χ1v) is 7.65. The molecule has 0 aliphatic carbocycles. The Hall–Kier alpha value is -3.41. The van der Waals surface area contributed by atoms with Gasteiger partial charge in [-0.15, -0.1) is 0 Å². The Morgan fingerprint density at radius 2 is 1.76 bits per heavy atom. The van der Waals surface area contributed by atoms with Crippen LogP contribution in [0, 0.1) is 0 Å². The maximum atomic E-state index is 12.3. The highest BCUT2D eigenvalue weighted by Gasteiger charge is 2.08. The van der Waals surface area contributed by atoms with Crippen molar-refractivity contribution in [1.29, 1.82) is 0 Å². The highest BCUT2D eigenvalue weighted by Crippen LogP contribution is 2.12. The standard InChI is InChI=1S/C19H16N2O4/c1-25-19(24)13-6-8-14(9-7-13)20-18(23)12-21-11-10-17(22)15-4-2-3-5-16(15)21/h2-11H,12H2,1H3,(H,20,23). The van der Waals surface area contributed by atoms with E-state index < -0.39 is 5.97 Å². The van der Waals surface area contributed by atoms with Crippen LogP contribution in [-0.2, 0) is 16.1 Å². The fraction of sp³-hybridized carbons (Fsp3) is 0.105. The van der Waals surface area contributed by atoms with Gasteiger partial charge in [-0.05, 0) is 36.4 Å². The van der Waals surface area contributed by atoms with E-state index in [2.05, 4.69) is 10.1 Å². The number of rotatable bonds is 4. The number of aromatic nitrogens is 1. The van der Waals surface area contributed by atoms with Crippen LogP contribution in [0.4, 0.5) is 5.69 Å². The predicted molar refractivity (Wildman–Crippen MR) is 94.6 cm³/mol. The van der Waals surface area contributed by atoms with Crippen LogP contribution in [0.25, 0.3) is 10.9 Å². The monoisotopic (exact) mass is 336 g/mol. The Kier molecular flexibility index (Phi) is 4.61. The highest BCUT2D eigenvalue weighted by atomic mass is 16.5.